The Hall–Kier alpha value is -2.35. The average Bonchev–Trinajstić information content (AvgIpc) is 2.80. The van der Waals surface area contributed by atoms with Crippen LogP contribution >= 0.6 is 11.6 Å². The maximum atomic E-state index is 12.7. The van der Waals surface area contributed by atoms with Gasteiger partial charge in [-0.05, 0) is 55.6 Å². The summed E-state index contributed by atoms with van der Waals surface area (Å²) in [5.74, 6) is 2.25. The number of methoxy groups -OCH3 is 1. The molecule has 8 heteroatoms. The Kier molecular flexibility index (Phi) is 7.84. The first-order valence-corrected chi connectivity index (χ1v) is 11.7. The minimum Gasteiger partial charge on any atom is -0.495 e. The number of rotatable bonds is 7. The van der Waals surface area contributed by atoms with Crippen LogP contribution in [-0.2, 0) is 4.79 Å². The molecule has 0 spiro atoms. The Balaban J connectivity index is 1.23. The number of halogens is 1. The number of carbonyl (C=O) groups is 1. The maximum absolute atomic E-state index is 12.7. The van der Waals surface area contributed by atoms with Crippen molar-refractivity contribution in [3.8, 4) is 5.75 Å². The highest BCUT2D eigenvalue weighted by Crippen LogP contribution is 2.28. The lowest BCUT2D eigenvalue weighted by atomic mass is 9.97. The summed E-state index contributed by atoms with van der Waals surface area (Å²) in [6.07, 6.45) is 4.21. The number of aromatic nitrogens is 1. The lowest BCUT2D eigenvalue weighted by molar-refractivity contribution is -0.117. The van der Waals surface area contributed by atoms with Crippen LogP contribution < -0.4 is 15.0 Å². The third-order valence-electron chi connectivity index (χ3n) is 6.27. The van der Waals surface area contributed by atoms with E-state index in [0.29, 0.717) is 28.9 Å². The number of anilines is 2. The molecule has 1 unspecified atom stereocenters. The second-order valence-corrected chi connectivity index (χ2v) is 9.05. The van der Waals surface area contributed by atoms with Gasteiger partial charge >= 0.3 is 0 Å². The molecule has 3 heterocycles. The fraction of sp³-hybridized carbons (Fsp3) is 0.500. The highest BCUT2D eigenvalue weighted by molar-refractivity contribution is 6.31. The summed E-state index contributed by atoms with van der Waals surface area (Å²) in [5, 5.41) is 3.53. The van der Waals surface area contributed by atoms with Crippen LogP contribution in [0.2, 0.25) is 5.02 Å². The van der Waals surface area contributed by atoms with Gasteiger partial charge in [-0.25, -0.2) is 4.98 Å². The number of nitrogens with zero attached hydrogens (tertiary/aromatic N) is 4. The monoisotopic (exact) mass is 457 g/mol. The molecule has 1 aromatic heterocycles. The Morgan fingerprint density at radius 2 is 2.00 bits per heavy atom. The van der Waals surface area contributed by atoms with E-state index in [1.54, 1.807) is 25.3 Å². The molecule has 1 atom stereocenters. The molecular formula is C24H32ClN5O2. The van der Waals surface area contributed by atoms with Gasteiger partial charge in [-0.15, -0.1) is 0 Å². The number of carbonyl (C=O) groups excluding carboxylic acids is 1. The number of nitrogens with one attached hydrogen (secondary N) is 1. The van der Waals surface area contributed by atoms with Crippen molar-refractivity contribution in [1.82, 2.24) is 14.8 Å². The van der Waals surface area contributed by atoms with Gasteiger partial charge in [0.25, 0.3) is 0 Å². The number of hydrogen-bond donors (Lipinski definition) is 1. The minimum atomic E-state index is -0.0322. The molecular weight excluding hydrogens is 426 g/mol. The molecule has 7 nitrogen and oxygen atoms in total. The molecule has 1 N–H and O–H groups in total. The highest BCUT2D eigenvalue weighted by Gasteiger charge is 2.26. The summed E-state index contributed by atoms with van der Waals surface area (Å²) in [7, 11) is 1.59. The zero-order chi connectivity index (χ0) is 22.3. The molecule has 0 aliphatic carbocycles. The van der Waals surface area contributed by atoms with E-state index in [4.69, 9.17) is 16.3 Å². The zero-order valence-corrected chi connectivity index (χ0v) is 19.4. The van der Waals surface area contributed by atoms with Crippen LogP contribution in [-0.4, -0.2) is 80.2 Å². The number of benzene rings is 1. The van der Waals surface area contributed by atoms with Crippen molar-refractivity contribution in [2.75, 3.05) is 69.7 Å². The van der Waals surface area contributed by atoms with Crippen LogP contribution in [0.3, 0.4) is 0 Å². The number of amides is 1. The van der Waals surface area contributed by atoms with Crippen LogP contribution in [0.15, 0.2) is 42.6 Å². The van der Waals surface area contributed by atoms with Crippen molar-refractivity contribution in [3.05, 3.63) is 47.6 Å². The van der Waals surface area contributed by atoms with E-state index >= 15 is 0 Å². The van der Waals surface area contributed by atoms with E-state index in [1.807, 2.05) is 18.3 Å². The van der Waals surface area contributed by atoms with Crippen molar-refractivity contribution < 1.29 is 9.53 Å². The number of ether oxygens (including phenoxy) is 1. The Morgan fingerprint density at radius 1 is 1.16 bits per heavy atom. The quantitative estimate of drug-likeness (QED) is 0.688. The Bertz CT molecular complexity index is 889. The SMILES string of the molecule is COc1ccc(Cl)cc1NC(=O)CN1CCCC(CN2CCN(c3ccccn3)CC2)C1. The first-order chi connectivity index (χ1) is 15.6. The molecule has 1 amide bonds. The van der Waals surface area contributed by atoms with E-state index in [0.717, 1.165) is 58.1 Å². The van der Waals surface area contributed by atoms with Crippen LogP contribution in [0.1, 0.15) is 12.8 Å². The fourth-order valence-electron chi connectivity index (χ4n) is 4.68. The van der Waals surface area contributed by atoms with Gasteiger partial charge in [-0.1, -0.05) is 17.7 Å². The number of piperazine rings is 1. The summed E-state index contributed by atoms with van der Waals surface area (Å²) in [4.78, 5) is 24.3. The van der Waals surface area contributed by atoms with Gasteiger partial charge in [-0.2, -0.15) is 0 Å². The third-order valence-corrected chi connectivity index (χ3v) is 6.50. The van der Waals surface area contributed by atoms with Crippen molar-refractivity contribution in [2.24, 2.45) is 5.92 Å². The molecule has 32 heavy (non-hydrogen) atoms. The molecule has 0 saturated carbocycles. The van der Waals surface area contributed by atoms with E-state index in [-0.39, 0.29) is 5.91 Å². The summed E-state index contributed by atoms with van der Waals surface area (Å²) in [5.41, 5.74) is 0.615. The minimum absolute atomic E-state index is 0.0322. The Morgan fingerprint density at radius 3 is 2.75 bits per heavy atom. The molecule has 2 fully saturated rings. The Labute approximate surface area is 195 Å². The third kappa shape index (κ3) is 6.12. The number of piperidine rings is 1. The van der Waals surface area contributed by atoms with E-state index in [2.05, 4.69) is 31.1 Å². The number of pyridine rings is 1. The van der Waals surface area contributed by atoms with E-state index in [9.17, 15) is 4.79 Å². The smallest absolute Gasteiger partial charge is 0.238 e. The molecule has 2 aromatic rings. The fourth-order valence-corrected chi connectivity index (χ4v) is 4.85. The molecule has 2 aliphatic heterocycles. The molecule has 0 radical (unpaired) electrons. The van der Waals surface area contributed by atoms with Crippen molar-refractivity contribution in [3.63, 3.8) is 0 Å². The first kappa shape index (κ1) is 22.8. The van der Waals surface area contributed by atoms with Crippen LogP contribution in [0, 0.1) is 5.92 Å². The average molecular weight is 458 g/mol. The van der Waals surface area contributed by atoms with Crippen molar-refractivity contribution >= 4 is 29.0 Å². The van der Waals surface area contributed by atoms with E-state index in [1.165, 1.54) is 6.42 Å². The molecule has 1 aromatic carbocycles. The number of hydrogen-bond acceptors (Lipinski definition) is 6. The number of likely N-dealkylation sites (tertiary alicyclic amines) is 1. The largest absolute Gasteiger partial charge is 0.495 e. The summed E-state index contributed by atoms with van der Waals surface area (Å²) in [6, 6.07) is 11.3. The van der Waals surface area contributed by atoms with Gasteiger partial charge in [0.15, 0.2) is 0 Å². The van der Waals surface area contributed by atoms with Crippen LogP contribution in [0.5, 0.6) is 5.75 Å². The summed E-state index contributed by atoms with van der Waals surface area (Å²) < 4.78 is 5.33. The second-order valence-electron chi connectivity index (χ2n) is 8.61. The lowest BCUT2D eigenvalue weighted by Gasteiger charge is -2.39. The topological polar surface area (TPSA) is 60.9 Å². The summed E-state index contributed by atoms with van der Waals surface area (Å²) in [6.45, 7) is 7.54. The zero-order valence-electron chi connectivity index (χ0n) is 18.7. The molecule has 2 aliphatic rings. The van der Waals surface area contributed by atoms with Gasteiger partial charge in [0, 0.05) is 50.5 Å². The van der Waals surface area contributed by atoms with Gasteiger partial charge in [-0.3, -0.25) is 14.6 Å². The molecule has 172 valence electrons. The standard InChI is InChI=1S/C24H32ClN5O2/c1-32-22-8-7-20(25)15-21(22)27-24(31)18-29-10-4-5-19(17-29)16-28-11-13-30(14-12-28)23-6-2-3-9-26-23/h2-3,6-9,15,19H,4-5,10-14,16-18H2,1H3,(H,27,31). The van der Waals surface area contributed by atoms with Gasteiger partial charge < -0.3 is 15.0 Å². The first-order valence-electron chi connectivity index (χ1n) is 11.3. The highest BCUT2D eigenvalue weighted by atomic mass is 35.5. The maximum Gasteiger partial charge on any atom is 0.238 e. The molecule has 2 saturated heterocycles. The van der Waals surface area contributed by atoms with Crippen molar-refractivity contribution in [2.45, 2.75) is 12.8 Å². The van der Waals surface area contributed by atoms with E-state index < -0.39 is 0 Å². The molecule has 4 rings (SSSR count). The van der Waals surface area contributed by atoms with Gasteiger partial charge in [0.2, 0.25) is 5.91 Å². The van der Waals surface area contributed by atoms with Gasteiger partial charge in [0.05, 0.1) is 19.3 Å². The van der Waals surface area contributed by atoms with Crippen molar-refractivity contribution in [1.29, 1.82) is 0 Å². The summed E-state index contributed by atoms with van der Waals surface area (Å²) >= 11 is 6.08. The predicted molar refractivity (Wildman–Crippen MR) is 129 cm³/mol. The van der Waals surface area contributed by atoms with Gasteiger partial charge in [0.1, 0.15) is 11.6 Å². The second kappa shape index (κ2) is 11.0. The van der Waals surface area contributed by atoms with Crippen LogP contribution in [0.4, 0.5) is 11.5 Å². The predicted octanol–water partition coefficient (Wildman–Crippen LogP) is 3.22. The normalized spacial score (nSPS) is 20.2. The lowest BCUT2D eigenvalue weighted by Crippen LogP contribution is -2.50. The van der Waals surface area contributed by atoms with Crippen LogP contribution in [0.25, 0.3) is 0 Å². The molecule has 0 bridgehead atoms.